The number of fused-ring (bicyclic) bond motifs is 1. The third-order valence-corrected chi connectivity index (χ3v) is 8.05. The molecule has 2 fully saturated rings. The van der Waals surface area contributed by atoms with Crippen molar-refractivity contribution in [2.75, 3.05) is 50.6 Å². The number of nitrogens with one attached hydrogen (secondary N) is 2. The van der Waals surface area contributed by atoms with E-state index < -0.39 is 30.6 Å². The van der Waals surface area contributed by atoms with E-state index >= 15 is 0 Å². The Labute approximate surface area is 231 Å². The van der Waals surface area contributed by atoms with Crippen LogP contribution in [0.2, 0.25) is 0 Å². The highest BCUT2D eigenvalue weighted by Gasteiger charge is 2.46. The second-order valence-electron chi connectivity index (χ2n) is 10.1. The number of carbonyl (C=O) groups is 3. The Balaban J connectivity index is 1.26. The zero-order valence-electron chi connectivity index (χ0n) is 22.0. The van der Waals surface area contributed by atoms with Gasteiger partial charge in [0.1, 0.15) is 34.9 Å². The van der Waals surface area contributed by atoms with Crippen LogP contribution in [0.3, 0.4) is 0 Å². The molecule has 214 valence electrons. The summed E-state index contributed by atoms with van der Waals surface area (Å²) in [5.41, 5.74) is 0.468. The van der Waals surface area contributed by atoms with Gasteiger partial charge < -0.3 is 30.2 Å². The lowest BCUT2D eigenvalue weighted by atomic mass is 10.2. The maximum Gasteiger partial charge on any atom is 0.406 e. The third-order valence-electron chi connectivity index (χ3n) is 7.15. The lowest BCUT2D eigenvalue weighted by Crippen LogP contribution is -2.46. The van der Waals surface area contributed by atoms with Crippen molar-refractivity contribution in [1.82, 2.24) is 35.0 Å². The second-order valence-corrected chi connectivity index (χ2v) is 11.0. The molecule has 5 rings (SSSR count). The standard InChI is InChI=1S/C24H28F3N9O3S/c1-13(36-11-30-19(34(3)12-37)18(36)22(39)33(2)10-24(25,26)27)20(38)31-17-9-40-21(32-17)16-5-28-23(29-6-16)35-7-14-4-15(14)8-35/h5-6,9,12-15,30H,4,7-8,10-11H2,1-3H3,(H,31,38)/t13-,14?,15?/m0/s1. The number of rotatable bonds is 9. The lowest BCUT2D eigenvalue weighted by molar-refractivity contribution is -0.157. The fraction of sp³-hybridized carbons (Fsp3) is 0.500. The summed E-state index contributed by atoms with van der Waals surface area (Å²) < 4.78 is 38.8. The normalized spacial score (nSPS) is 20.6. The van der Waals surface area contributed by atoms with Crippen LogP contribution in [0.5, 0.6) is 0 Å². The van der Waals surface area contributed by atoms with Gasteiger partial charge in [0.2, 0.25) is 18.3 Å². The van der Waals surface area contributed by atoms with Crippen molar-refractivity contribution in [3.63, 3.8) is 0 Å². The smallest absolute Gasteiger partial charge is 0.352 e. The number of aromatic nitrogens is 3. The van der Waals surface area contributed by atoms with E-state index in [1.807, 2.05) is 0 Å². The maximum atomic E-state index is 13.1. The topological polar surface area (TPSA) is 127 Å². The highest BCUT2D eigenvalue weighted by atomic mass is 32.1. The van der Waals surface area contributed by atoms with Gasteiger partial charge in [-0.05, 0) is 25.2 Å². The summed E-state index contributed by atoms with van der Waals surface area (Å²) in [5, 5.41) is 7.76. The van der Waals surface area contributed by atoms with E-state index in [0.29, 0.717) is 27.8 Å². The number of likely N-dealkylation sites (N-methyl/N-ethyl adjacent to an activating group) is 1. The molecule has 3 aliphatic rings. The molecule has 3 amide bonds. The van der Waals surface area contributed by atoms with Gasteiger partial charge in [0, 0.05) is 50.5 Å². The molecule has 0 bridgehead atoms. The average Bonchev–Trinajstić information content (AvgIpc) is 3.29. The summed E-state index contributed by atoms with van der Waals surface area (Å²) in [6.45, 7) is 1.90. The molecule has 3 atom stereocenters. The first-order chi connectivity index (χ1) is 18.9. The van der Waals surface area contributed by atoms with Gasteiger partial charge in [0.15, 0.2) is 0 Å². The Kier molecular flexibility index (Phi) is 7.29. The number of hydrogen-bond donors (Lipinski definition) is 2. The van der Waals surface area contributed by atoms with Crippen molar-refractivity contribution in [3.8, 4) is 10.6 Å². The van der Waals surface area contributed by atoms with E-state index in [0.717, 1.165) is 36.9 Å². The molecule has 2 N–H and O–H groups in total. The summed E-state index contributed by atoms with van der Waals surface area (Å²) in [6.07, 6.45) is 0.466. The number of thiazole rings is 1. The minimum atomic E-state index is -4.62. The van der Waals surface area contributed by atoms with E-state index in [9.17, 15) is 27.6 Å². The predicted molar refractivity (Wildman–Crippen MR) is 139 cm³/mol. The molecular weight excluding hydrogens is 551 g/mol. The number of piperidine rings is 1. The molecule has 2 aliphatic heterocycles. The Bertz CT molecular complexity index is 1320. The van der Waals surface area contributed by atoms with Gasteiger partial charge in [-0.25, -0.2) is 15.0 Å². The molecule has 0 spiro atoms. The van der Waals surface area contributed by atoms with Crippen molar-refractivity contribution in [2.45, 2.75) is 25.6 Å². The molecular formula is C24H28F3N9O3S. The second kappa shape index (κ2) is 10.6. The molecule has 40 heavy (non-hydrogen) atoms. The van der Waals surface area contributed by atoms with Crippen LogP contribution in [0.15, 0.2) is 29.3 Å². The summed E-state index contributed by atoms with van der Waals surface area (Å²) in [5.74, 6) is 0.939. The monoisotopic (exact) mass is 579 g/mol. The van der Waals surface area contributed by atoms with Crippen molar-refractivity contribution in [2.24, 2.45) is 11.8 Å². The first-order valence-electron chi connectivity index (χ1n) is 12.5. The fourth-order valence-corrected chi connectivity index (χ4v) is 5.60. The van der Waals surface area contributed by atoms with Gasteiger partial charge in [-0.15, -0.1) is 11.3 Å². The van der Waals surface area contributed by atoms with Gasteiger partial charge in [-0.3, -0.25) is 14.4 Å². The quantitative estimate of drug-likeness (QED) is 0.425. The zero-order chi connectivity index (χ0) is 28.8. The molecule has 12 nitrogen and oxygen atoms in total. The SMILES string of the molecule is C[C@@H](C(=O)Nc1csc(-c2cnc(N3CC4CC4C3)nc2)n1)N1CNC(N(C)C=O)=C1C(=O)N(C)CC(F)(F)F. The highest BCUT2D eigenvalue weighted by molar-refractivity contribution is 7.13. The number of anilines is 2. The third kappa shape index (κ3) is 5.66. The largest absolute Gasteiger partial charge is 0.406 e. The molecule has 2 aromatic heterocycles. The number of alkyl halides is 3. The van der Waals surface area contributed by atoms with Crippen LogP contribution in [-0.4, -0.2) is 100 Å². The maximum absolute atomic E-state index is 13.1. The molecule has 4 heterocycles. The van der Waals surface area contributed by atoms with E-state index in [4.69, 9.17) is 0 Å². The van der Waals surface area contributed by atoms with E-state index in [2.05, 4.69) is 30.5 Å². The number of nitrogens with zero attached hydrogens (tertiary/aromatic N) is 7. The zero-order valence-corrected chi connectivity index (χ0v) is 22.8. The summed E-state index contributed by atoms with van der Waals surface area (Å²) in [7, 11) is 2.35. The van der Waals surface area contributed by atoms with Crippen LogP contribution in [-0.2, 0) is 14.4 Å². The number of amides is 3. The summed E-state index contributed by atoms with van der Waals surface area (Å²) in [4.78, 5) is 55.9. The Morgan fingerprint density at radius 1 is 1.25 bits per heavy atom. The van der Waals surface area contributed by atoms with Crippen LogP contribution in [0.25, 0.3) is 10.6 Å². The van der Waals surface area contributed by atoms with E-state index in [1.165, 1.54) is 36.6 Å². The molecule has 1 aliphatic carbocycles. The molecule has 1 saturated carbocycles. The Morgan fingerprint density at radius 2 is 1.93 bits per heavy atom. The Morgan fingerprint density at radius 3 is 2.55 bits per heavy atom. The Hall–Kier alpha value is -3.95. The van der Waals surface area contributed by atoms with E-state index in [1.54, 1.807) is 17.8 Å². The van der Waals surface area contributed by atoms with Crippen LogP contribution in [0.1, 0.15) is 13.3 Å². The van der Waals surface area contributed by atoms with E-state index in [-0.39, 0.29) is 24.0 Å². The minimum Gasteiger partial charge on any atom is -0.352 e. The molecule has 2 unspecified atom stereocenters. The first-order valence-corrected chi connectivity index (χ1v) is 13.4. The number of hydrogen-bond acceptors (Lipinski definition) is 10. The van der Waals surface area contributed by atoms with Crippen molar-refractivity contribution >= 4 is 41.3 Å². The van der Waals surface area contributed by atoms with Crippen LogP contribution in [0, 0.1) is 11.8 Å². The fourth-order valence-electron chi connectivity index (χ4n) is 4.87. The van der Waals surface area contributed by atoms with Gasteiger partial charge in [-0.2, -0.15) is 13.2 Å². The van der Waals surface area contributed by atoms with Crippen molar-refractivity contribution < 1.29 is 27.6 Å². The predicted octanol–water partition coefficient (Wildman–Crippen LogP) is 1.52. The van der Waals surface area contributed by atoms with Gasteiger partial charge in [0.25, 0.3) is 5.91 Å². The molecule has 0 aromatic carbocycles. The van der Waals surface area contributed by atoms with Gasteiger partial charge in [-0.1, -0.05) is 0 Å². The first kappa shape index (κ1) is 27.6. The molecule has 1 saturated heterocycles. The number of carbonyl (C=O) groups excluding carboxylic acids is 3. The van der Waals surface area contributed by atoms with Gasteiger partial charge >= 0.3 is 6.18 Å². The van der Waals surface area contributed by atoms with Crippen molar-refractivity contribution in [1.29, 1.82) is 0 Å². The highest BCUT2D eigenvalue weighted by Crippen LogP contribution is 2.45. The van der Waals surface area contributed by atoms with Crippen LogP contribution >= 0.6 is 11.3 Å². The summed E-state index contributed by atoms with van der Waals surface area (Å²) >= 11 is 1.29. The van der Waals surface area contributed by atoms with Crippen molar-refractivity contribution in [3.05, 3.63) is 29.3 Å². The lowest BCUT2D eigenvalue weighted by Gasteiger charge is -2.29. The molecule has 2 aromatic rings. The van der Waals surface area contributed by atoms with Crippen LogP contribution < -0.4 is 15.5 Å². The van der Waals surface area contributed by atoms with Gasteiger partial charge in [0.05, 0.1) is 6.67 Å². The number of halogens is 3. The minimum absolute atomic E-state index is 0.000902. The molecule has 16 heteroatoms. The molecule has 0 radical (unpaired) electrons. The summed E-state index contributed by atoms with van der Waals surface area (Å²) in [6, 6.07) is -0.997. The average molecular weight is 580 g/mol. The van der Waals surface area contributed by atoms with Crippen LogP contribution in [0.4, 0.5) is 24.9 Å².